The molecule has 0 amide bonds. The van der Waals surface area contributed by atoms with Crippen molar-refractivity contribution < 1.29 is 14.6 Å². The number of β-amino-alcohol motifs (C(OH)–C–C–N with tert-alkyl or cyclic N) is 1. The van der Waals surface area contributed by atoms with E-state index in [0.29, 0.717) is 25.2 Å². The summed E-state index contributed by atoms with van der Waals surface area (Å²) in [6.07, 6.45) is 3.62. The van der Waals surface area contributed by atoms with Gasteiger partial charge in [0.05, 0.1) is 25.9 Å². The SMILES string of the molecule is COc1ccc(N2CCN(C[C@@H](O)CO[C@@H]3CCC[C@@H]3C)CC2)cc1. The Bertz CT molecular complexity index is 514. The van der Waals surface area contributed by atoms with E-state index >= 15 is 0 Å². The number of hydrogen-bond donors (Lipinski definition) is 1. The van der Waals surface area contributed by atoms with Crippen molar-refractivity contribution in [2.75, 3.05) is 51.3 Å². The van der Waals surface area contributed by atoms with E-state index in [1.807, 2.05) is 12.1 Å². The van der Waals surface area contributed by atoms with Crippen LogP contribution in [0.4, 0.5) is 5.69 Å². The zero-order chi connectivity index (χ0) is 17.6. The van der Waals surface area contributed by atoms with Gasteiger partial charge in [0.25, 0.3) is 0 Å². The molecule has 1 saturated heterocycles. The van der Waals surface area contributed by atoms with Crippen molar-refractivity contribution >= 4 is 5.69 Å². The number of methoxy groups -OCH3 is 1. The Morgan fingerprint density at radius 1 is 1.12 bits per heavy atom. The average molecular weight is 348 g/mol. The number of ether oxygens (including phenoxy) is 2. The highest BCUT2D eigenvalue weighted by atomic mass is 16.5. The number of aliphatic hydroxyl groups excluding tert-OH is 1. The van der Waals surface area contributed by atoms with E-state index in [9.17, 15) is 5.11 Å². The zero-order valence-electron chi connectivity index (χ0n) is 15.6. The van der Waals surface area contributed by atoms with E-state index in [4.69, 9.17) is 9.47 Å². The molecule has 1 aromatic carbocycles. The molecule has 0 unspecified atom stereocenters. The van der Waals surface area contributed by atoms with Crippen LogP contribution >= 0.6 is 0 Å². The average Bonchev–Trinajstić information content (AvgIpc) is 3.06. The maximum absolute atomic E-state index is 10.3. The summed E-state index contributed by atoms with van der Waals surface area (Å²) in [5, 5.41) is 10.3. The third kappa shape index (κ3) is 5.09. The van der Waals surface area contributed by atoms with Crippen LogP contribution in [0.15, 0.2) is 24.3 Å². The largest absolute Gasteiger partial charge is 0.497 e. The molecular weight excluding hydrogens is 316 g/mol. The normalized spacial score (nSPS) is 26.0. The number of anilines is 1. The van der Waals surface area contributed by atoms with Gasteiger partial charge in [-0.15, -0.1) is 0 Å². The summed E-state index contributed by atoms with van der Waals surface area (Å²) in [4.78, 5) is 4.73. The van der Waals surface area contributed by atoms with Gasteiger partial charge in [-0.1, -0.05) is 13.3 Å². The molecule has 1 N–H and O–H groups in total. The van der Waals surface area contributed by atoms with Crippen molar-refractivity contribution in [3.05, 3.63) is 24.3 Å². The summed E-state index contributed by atoms with van der Waals surface area (Å²) in [6, 6.07) is 8.24. The predicted molar refractivity (Wildman–Crippen MR) is 100 cm³/mol. The number of piperazine rings is 1. The summed E-state index contributed by atoms with van der Waals surface area (Å²) in [5.41, 5.74) is 1.24. The van der Waals surface area contributed by atoms with Gasteiger partial charge < -0.3 is 19.5 Å². The monoisotopic (exact) mass is 348 g/mol. The highest BCUT2D eigenvalue weighted by Gasteiger charge is 2.25. The molecule has 3 rings (SSSR count). The molecule has 0 spiro atoms. The second-order valence-corrected chi connectivity index (χ2v) is 7.42. The number of aliphatic hydroxyl groups is 1. The molecule has 1 aliphatic carbocycles. The Morgan fingerprint density at radius 3 is 2.44 bits per heavy atom. The fourth-order valence-corrected chi connectivity index (χ4v) is 3.93. The minimum Gasteiger partial charge on any atom is -0.497 e. The number of benzene rings is 1. The molecule has 3 atom stereocenters. The van der Waals surface area contributed by atoms with E-state index in [0.717, 1.165) is 38.3 Å². The Kier molecular flexibility index (Phi) is 6.57. The Hall–Kier alpha value is -1.30. The minimum atomic E-state index is -0.389. The third-order valence-electron chi connectivity index (χ3n) is 5.56. The Morgan fingerprint density at radius 2 is 1.84 bits per heavy atom. The quantitative estimate of drug-likeness (QED) is 0.820. The van der Waals surface area contributed by atoms with Crippen molar-refractivity contribution in [3.8, 4) is 5.75 Å². The number of nitrogens with zero attached hydrogens (tertiary/aromatic N) is 2. The lowest BCUT2D eigenvalue weighted by Crippen LogP contribution is -2.49. The first kappa shape index (κ1) is 18.5. The molecule has 5 nitrogen and oxygen atoms in total. The van der Waals surface area contributed by atoms with Gasteiger partial charge in [-0.3, -0.25) is 4.90 Å². The first-order valence-corrected chi connectivity index (χ1v) is 9.56. The predicted octanol–water partition coefficient (Wildman–Crippen LogP) is 2.38. The van der Waals surface area contributed by atoms with Crippen LogP contribution < -0.4 is 9.64 Å². The summed E-state index contributed by atoms with van der Waals surface area (Å²) in [5.74, 6) is 1.53. The Labute approximate surface area is 151 Å². The van der Waals surface area contributed by atoms with Crippen LogP contribution in [0, 0.1) is 5.92 Å². The Balaban J connectivity index is 1.38. The second kappa shape index (κ2) is 8.88. The molecular formula is C20H32N2O3. The van der Waals surface area contributed by atoms with Crippen molar-refractivity contribution in [1.29, 1.82) is 0 Å². The van der Waals surface area contributed by atoms with E-state index < -0.39 is 0 Å². The summed E-state index contributed by atoms with van der Waals surface area (Å²) in [7, 11) is 1.69. The van der Waals surface area contributed by atoms with Crippen LogP contribution in [-0.2, 0) is 4.74 Å². The van der Waals surface area contributed by atoms with Gasteiger partial charge >= 0.3 is 0 Å². The lowest BCUT2D eigenvalue weighted by atomic mass is 10.1. The molecule has 1 heterocycles. The van der Waals surface area contributed by atoms with Crippen molar-refractivity contribution in [2.45, 2.75) is 38.4 Å². The van der Waals surface area contributed by atoms with Gasteiger partial charge in [0.1, 0.15) is 5.75 Å². The standard InChI is InChI=1S/C20H32N2O3/c1-16-4-3-5-20(16)25-15-18(23)14-21-10-12-22(13-11-21)17-6-8-19(24-2)9-7-17/h6-9,16,18,20,23H,3-5,10-15H2,1-2H3/t16-,18+,20+/m0/s1. The highest BCUT2D eigenvalue weighted by molar-refractivity contribution is 5.49. The molecule has 5 heteroatoms. The first-order valence-electron chi connectivity index (χ1n) is 9.56. The maximum atomic E-state index is 10.3. The summed E-state index contributed by atoms with van der Waals surface area (Å²) in [6.45, 7) is 7.35. The van der Waals surface area contributed by atoms with E-state index in [2.05, 4.69) is 28.9 Å². The maximum Gasteiger partial charge on any atom is 0.119 e. The lowest BCUT2D eigenvalue weighted by Gasteiger charge is -2.37. The molecule has 1 aliphatic heterocycles. The van der Waals surface area contributed by atoms with Gasteiger partial charge in [-0.25, -0.2) is 0 Å². The first-order chi connectivity index (χ1) is 12.2. The van der Waals surface area contributed by atoms with Gasteiger partial charge in [0, 0.05) is 38.4 Å². The fourth-order valence-electron chi connectivity index (χ4n) is 3.93. The van der Waals surface area contributed by atoms with E-state index in [-0.39, 0.29) is 6.10 Å². The van der Waals surface area contributed by atoms with Crippen molar-refractivity contribution in [1.82, 2.24) is 4.90 Å². The molecule has 1 saturated carbocycles. The van der Waals surface area contributed by atoms with Crippen LogP contribution in [-0.4, -0.2) is 68.7 Å². The summed E-state index contributed by atoms with van der Waals surface area (Å²) >= 11 is 0. The highest BCUT2D eigenvalue weighted by Crippen LogP contribution is 2.27. The molecule has 1 aromatic rings. The van der Waals surface area contributed by atoms with Crippen LogP contribution in [0.25, 0.3) is 0 Å². The molecule has 0 aromatic heterocycles. The molecule has 2 aliphatic rings. The van der Waals surface area contributed by atoms with Crippen LogP contribution in [0.1, 0.15) is 26.2 Å². The van der Waals surface area contributed by atoms with Gasteiger partial charge in [0.15, 0.2) is 0 Å². The van der Waals surface area contributed by atoms with Gasteiger partial charge in [0.2, 0.25) is 0 Å². The fraction of sp³-hybridized carbons (Fsp3) is 0.700. The molecule has 140 valence electrons. The zero-order valence-corrected chi connectivity index (χ0v) is 15.6. The third-order valence-corrected chi connectivity index (χ3v) is 5.56. The van der Waals surface area contributed by atoms with Crippen molar-refractivity contribution in [2.24, 2.45) is 5.92 Å². The van der Waals surface area contributed by atoms with E-state index in [1.54, 1.807) is 7.11 Å². The van der Waals surface area contributed by atoms with Crippen LogP contribution in [0.2, 0.25) is 0 Å². The molecule has 0 radical (unpaired) electrons. The molecule has 0 bridgehead atoms. The summed E-state index contributed by atoms with van der Waals surface area (Å²) < 4.78 is 11.1. The minimum absolute atomic E-state index is 0.349. The molecule has 2 fully saturated rings. The van der Waals surface area contributed by atoms with E-state index in [1.165, 1.54) is 18.5 Å². The topological polar surface area (TPSA) is 45.2 Å². The number of hydrogen-bond acceptors (Lipinski definition) is 5. The smallest absolute Gasteiger partial charge is 0.119 e. The van der Waals surface area contributed by atoms with Crippen LogP contribution in [0.5, 0.6) is 5.75 Å². The second-order valence-electron chi connectivity index (χ2n) is 7.42. The van der Waals surface area contributed by atoms with Crippen LogP contribution in [0.3, 0.4) is 0 Å². The van der Waals surface area contributed by atoms with Gasteiger partial charge in [-0.2, -0.15) is 0 Å². The number of rotatable bonds is 7. The lowest BCUT2D eigenvalue weighted by molar-refractivity contribution is -0.0321. The van der Waals surface area contributed by atoms with Crippen molar-refractivity contribution in [3.63, 3.8) is 0 Å². The molecule has 25 heavy (non-hydrogen) atoms. The van der Waals surface area contributed by atoms with Gasteiger partial charge in [-0.05, 0) is 43.0 Å².